The summed E-state index contributed by atoms with van der Waals surface area (Å²) in [4.78, 5) is 14.4. The van der Waals surface area contributed by atoms with E-state index in [1.807, 2.05) is 17.8 Å². The Bertz CT molecular complexity index is 1040. The average Bonchev–Trinajstić information content (AvgIpc) is 3.05. The summed E-state index contributed by atoms with van der Waals surface area (Å²) in [6, 6.07) is 16.9. The molecule has 3 aromatic rings. The molecular formula is C22H21N3OS. The molecule has 2 aliphatic rings. The topological polar surface area (TPSA) is 46.9 Å². The van der Waals surface area contributed by atoms with E-state index in [4.69, 9.17) is 0 Å². The Labute approximate surface area is 163 Å². The van der Waals surface area contributed by atoms with Gasteiger partial charge in [-0.2, -0.15) is 5.10 Å². The molecule has 2 aromatic carbocycles. The second-order valence-corrected chi connectivity index (χ2v) is 8.22. The molecule has 5 heteroatoms. The average molecular weight is 375 g/mol. The molecule has 0 saturated carbocycles. The van der Waals surface area contributed by atoms with Gasteiger partial charge in [-0.25, -0.2) is 0 Å². The van der Waals surface area contributed by atoms with Crippen molar-refractivity contribution in [2.75, 3.05) is 0 Å². The Morgan fingerprint density at radius 2 is 2.00 bits per heavy atom. The molecule has 1 atom stereocenters. The molecule has 1 amide bonds. The van der Waals surface area contributed by atoms with E-state index in [2.05, 4.69) is 52.9 Å². The number of aromatic nitrogens is 2. The fourth-order valence-corrected chi connectivity index (χ4v) is 5.36. The molecule has 0 bridgehead atoms. The highest BCUT2D eigenvalue weighted by Gasteiger charge is 2.29. The molecule has 1 aliphatic carbocycles. The van der Waals surface area contributed by atoms with Gasteiger partial charge in [0.2, 0.25) is 0 Å². The van der Waals surface area contributed by atoms with Gasteiger partial charge in [-0.15, -0.1) is 11.8 Å². The van der Waals surface area contributed by atoms with Crippen molar-refractivity contribution in [2.24, 2.45) is 7.05 Å². The third-order valence-corrected chi connectivity index (χ3v) is 6.65. The molecule has 0 spiro atoms. The molecule has 1 aliphatic heterocycles. The maximum Gasteiger partial charge on any atom is 0.272 e. The van der Waals surface area contributed by atoms with Crippen LogP contribution in [0.15, 0.2) is 53.4 Å². The largest absolute Gasteiger partial charge is 0.344 e. The first-order valence-corrected chi connectivity index (χ1v) is 10.4. The molecule has 27 heavy (non-hydrogen) atoms. The highest BCUT2D eigenvalue weighted by Crippen LogP contribution is 2.42. The van der Waals surface area contributed by atoms with Crippen molar-refractivity contribution >= 4 is 17.7 Å². The fraction of sp³-hybridized carbons (Fsp3) is 0.273. The first-order valence-electron chi connectivity index (χ1n) is 9.39. The lowest BCUT2D eigenvalue weighted by Crippen LogP contribution is -2.31. The quantitative estimate of drug-likeness (QED) is 0.717. The summed E-state index contributed by atoms with van der Waals surface area (Å²) in [5, 5.41) is 7.86. The van der Waals surface area contributed by atoms with Crippen LogP contribution in [-0.2, 0) is 19.2 Å². The van der Waals surface area contributed by atoms with E-state index in [9.17, 15) is 4.79 Å². The lowest BCUT2D eigenvalue weighted by atomic mass is 9.87. The van der Waals surface area contributed by atoms with Crippen LogP contribution < -0.4 is 5.32 Å². The number of rotatable bonds is 2. The molecule has 1 aromatic heterocycles. The van der Waals surface area contributed by atoms with E-state index >= 15 is 0 Å². The third kappa shape index (κ3) is 2.77. The summed E-state index contributed by atoms with van der Waals surface area (Å²) in [5.41, 5.74) is 6.45. The summed E-state index contributed by atoms with van der Waals surface area (Å²) in [7, 11) is 1.93. The highest BCUT2D eigenvalue weighted by molar-refractivity contribution is 7.98. The normalized spacial score (nSPS) is 17.6. The summed E-state index contributed by atoms with van der Waals surface area (Å²) < 4.78 is 1.86. The fourth-order valence-electron chi connectivity index (χ4n) is 4.29. The second kappa shape index (κ2) is 6.57. The number of thioether (sulfide) groups is 1. The summed E-state index contributed by atoms with van der Waals surface area (Å²) in [6.07, 6.45) is 3.18. The van der Waals surface area contributed by atoms with Gasteiger partial charge < -0.3 is 5.32 Å². The van der Waals surface area contributed by atoms with Gasteiger partial charge in [0, 0.05) is 28.8 Å². The maximum absolute atomic E-state index is 13.1. The molecule has 2 heterocycles. The first-order chi connectivity index (χ1) is 13.2. The van der Waals surface area contributed by atoms with Crippen LogP contribution in [0, 0.1) is 0 Å². The SMILES string of the molecule is Cn1nc(C(=O)N[C@@H]2CCCc3ccccc32)c2c1-c1ccccc1SC2. The molecular weight excluding hydrogens is 354 g/mol. The van der Waals surface area contributed by atoms with Crippen molar-refractivity contribution in [1.29, 1.82) is 0 Å². The number of benzene rings is 2. The number of aryl methyl sites for hydroxylation is 2. The minimum Gasteiger partial charge on any atom is -0.344 e. The molecule has 0 unspecified atom stereocenters. The lowest BCUT2D eigenvalue weighted by Gasteiger charge is -2.26. The Morgan fingerprint density at radius 1 is 1.19 bits per heavy atom. The van der Waals surface area contributed by atoms with Crippen molar-refractivity contribution in [3.8, 4) is 11.3 Å². The van der Waals surface area contributed by atoms with Crippen LogP contribution in [-0.4, -0.2) is 15.7 Å². The van der Waals surface area contributed by atoms with Crippen molar-refractivity contribution in [1.82, 2.24) is 15.1 Å². The van der Waals surface area contributed by atoms with E-state index in [0.29, 0.717) is 5.69 Å². The Hall–Kier alpha value is -2.53. The zero-order chi connectivity index (χ0) is 18.4. The smallest absolute Gasteiger partial charge is 0.272 e. The van der Waals surface area contributed by atoms with Crippen molar-refractivity contribution < 1.29 is 4.79 Å². The maximum atomic E-state index is 13.1. The van der Waals surface area contributed by atoms with Gasteiger partial charge >= 0.3 is 0 Å². The van der Waals surface area contributed by atoms with E-state index in [1.165, 1.54) is 21.6 Å². The summed E-state index contributed by atoms with van der Waals surface area (Å²) in [6.45, 7) is 0. The summed E-state index contributed by atoms with van der Waals surface area (Å²) in [5.74, 6) is 0.720. The van der Waals surface area contributed by atoms with Crippen LogP contribution in [0.3, 0.4) is 0 Å². The zero-order valence-electron chi connectivity index (χ0n) is 15.2. The number of nitrogens with zero attached hydrogens (tertiary/aromatic N) is 2. The molecule has 0 saturated heterocycles. The van der Waals surface area contributed by atoms with E-state index in [1.54, 1.807) is 11.8 Å². The van der Waals surface area contributed by atoms with Crippen molar-refractivity contribution in [2.45, 2.75) is 36.0 Å². The highest BCUT2D eigenvalue weighted by atomic mass is 32.2. The van der Waals surface area contributed by atoms with Crippen LogP contribution in [0.25, 0.3) is 11.3 Å². The Balaban J connectivity index is 1.48. The lowest BCUT2D eigenvalue weighted by molar-refractivity contribution is 0.0926. The van der Waals surface area contributed by atoms with Crippen LogP contribution in [0.4, 0.5) is 0 Å². The molecule has 5 rings (SSSR count). The predicted octanol–water partition coefficient (Wildman–Crippen LogP) is 4.50. The minimum absolute atomic E-state index is 0.0615. The molecule has 1 N–H and O–H groups in total. The van der Waals surface area contributed by atoms with E-state index < -0.39 is 0 Å². The molecule has 136 valence electrons. The number of carbonyl (C=O) groups is 1. The number of hydrogen-bond donors (Lipinski definition) is 1. The second-order valence-electron chi connectivity index (χ2n) is 7.20. The van der Waals surface area contributed by atoms with E-state index in [0.717, 1.165) is 36.3 Å². The van der Waals surface area contributed by atoms with Crippen LogP contribution in [0.5, 0.6) is 0 Å². The minimum atomic E-state index is -0.0615. The summed E-state index contributed by atoms with van der Waals surface area (Å²) >= 11 is 1.78. The van der Waals surface area contributed by atoms with Crippen LogP contribution in [0.2, 0.25) is 0 Å². The van der Waals surface area contributed by atoms with Gasteiger partial charge in [-0.05, 0) is 36.5 Å². The Kier molecular flexibility index (Phi) is 4.05. The van der Waals surface area contributed by atoms with Crippen LogP contribution >= 0.6 is 11.8 Å². The number of amides is 1. The van der Waals surface area contributed by atoms with Gasteiger partial charge in [0.25, 0.3) is 5.91 Å². The van der Waals surface area contributed by atoms with Gasteiger partial charge in [-0.3, -0.25) is 9.48 Å². The van der Waals surface area contributed by atoms with Gasteiger partial charge in [0.15, 0.2) is 5.69 Å². The van der Waals surface area contributed by atoms with Gasteiger partial charge in [0.1, 0.15) is 0 Å². The van der Waals surface area contributed by atoms with Crippen molar-refractivity contribution in [3.63, 3.8) is 0 Å². The molecule has 0 fully saturated rings. The number of nitrogens with one attached hydrogen (secondary N) is 1. The van der Waals surface area contributed by atoms with Crippen molar-refractivity contribution in [3.05, 3.63) is 70.9 Å². The van der Waals surface area contributed by atoms with Gasteiger partial charge in [-0.1, -0.05) is 42.5 Å². The third-order valence-electron chi connectivity index (χ3n) is 5.55. The predicted molar refractivity (Wildman–Crippen MR) is 108 cm³/mol. The number of carbonyl (C=O) groups excluding carboxylic acids is 1. The van der Waals surface area contributed by atoms with E-state index in [-0.39, 0.29) is 11.9 Å². The van der Waals surface area contributed by atoms with Gasteiger partial charge in [0.05, 0.1) is 11.7 Å². The molecule has 4 nitrogen and oxygen atoms in total. The standard InChI is InChI=1S/C22H21N3OS/c1-25-21-16-10-4-5-12-19(16)27-13-17(21)20(24-25)22(26)23-18-11-6-8-14-7-2-3-9-15(14)18/h2-5,7,9-10,12,18H,6,8,11,13H2,1H3,(H,23,26)/t18-/m1/s1. The Morgan fingerprint density at radius 3 is 2.93 bits per heavy atom. The monoisotopic (exact) mass is 375 g/mol. The van der Waals surface area contributed by atoms with Crippen LogP contribution in [0.1, 0.15) is 46.1 Å². The number of fused-ring (bicyclic) bond motifs is 4. The number of hydrogen-bond acceptors (Lipinski definition) is 3. The zero-order valence-corrected chi connectivity index (χ0v) is 16.1. The first kappa shape index (κ1) is 16.6. The molecule has 0 radical (unpaired) electrons.